The van der Waals surface area contributed by atoms with E-state index in [1.807, 2.05) is 6.92 Å². The number of nitrogens with one attached hydrogen (secondary N) is 2. The third-order valence-corrected chi connectivity index (χ3v) is 4.56. The quantitative estimate of drug-likeness (QED) is 0.673. The Morgan fingerprint density at radius 3 is 2.32 bits per heavy atom. The van der Waals surface area contributed by atoms with E-state index in [0.717, 1.165) is 0 Å². The van der Waals surface area contributed by atoms with Crippen LogP contribution in [0.25, 0.3) is 0 Å². The van der Waals surface area contributed by atoms with Crippen molar-refractivity contribution in [3.8, 4) is 0 Å². The van der Waals surface area contributed by atoms with Crippen molar-refractivity contribution in [2.45, 2.75) is 37.2 Å². The number of nitrogens with two attached hydrogens (primary N) is 1. The Morgan fingerprint density at radius 2 is 1.82 bits per heavy atom. The molecule has 126 valence electrons. The van der Waals surface area contributed by atoms with Gasteiger partial charge in [0.1, 0.15) is 0 Å². The maximum Gasteiger partial charge on any atom is 0.241 e. The molecule has 0 spiro atoms. The third-order valence-electron chi connectivity index (χ3n) is 2.75. The van der Waals surface area contributed by atoms with Crippen LogP contribution in [0.15, 0.2) is 29.2 Å². The van der Waals surface area contributed by atoms with Crippen LogP contribution < -0.4 is 15.8 Å². The average molecular weight is 370 g/mol. The molecule has 0 saturated carbocycles. The fourth-order valence-corrected chi connectivity index (χ4v) is 2.87. The minimum Gasteiger partial charge on any atom is -0.355 e. The molecule has 9 heteroatoms. The lowest BCUT2D eigenvalue weighted by Gasteiger charge is -2.15. The molecule has 1 rings (SSSR count). The van der Waals surface area contributed by atoms with Crippen molar-refractivity contribution in [1.29, 1.82) is 0 Å². The van der Waals surface area contributed by atoms with Gasteiger partial charge in [-0.05, 0) is 44.5 Å². The fourth-order valence-electron chi connectivity index (χ4n) is 1.54. The first-order valence-electron chi connectivity index (χ1n) is 6.53. The first-order chi connectivity index (χ1) is 9.72. The second-order valence-corrected chi connectivity index (χ2v) is 7.00. The first-order valence-corrected chi connectivity index (χ1v) is 8.39. The van der Waals surface area contributed by atoms with E-state index in [0.29, 0.717) is 18.0 Å². The van der Waals surface area contributed by atoms with Gasteiger partial charge in [0, 0.05) is 17.6 Å². The van der Waals surface area contributed by atoms with Crippen LogP contribution in [0.2, 0.25) is 5.02 Å². The molecule has 0 aliphatic heterocycles. The van der Waals surface area contributed by atoms with E-state index >= 15 is 0 Å². The zero-order chi connectivity index (χ0) is 16.0. The Hall–Kier alpha value is -0.860. The lowest BCUT2D eigenvalue weighted by atomic mass is 10.2. The molecule has 0 saturated heterocycles. The maximum absolute atomic E-state index is 12.1. The molecule has 1 aromatic rings. The highest BCUT2D eigenvalue weighted by atomic mass is 35.5. The highest BCUT2D eigenvalue weighted by Crippen LogP contribution is 2.14. The Balaban J connectivity index is 0.00000441. The topological polar surface area (TPSA) is 101 Å². The predicted octanol–water partition coefficient (Wildman–Crippen LogP) is 1.28. The van der Waals surface area contributed by atoms with Gasteiger partial charge in [0.15, 0.2) is 0 Å². The van der Waals surface area contributed by atoms with Gasteiger partial charge in [0.05, 0.1) is 10.9 Å². The zero-order valence-electron chi connectivity index (χ0n) is 12.4. The van der Waals surface area contributed by atoms with E-state index in [9.17, 15) is 13.2 Å². The van der Waals surface area contributed by atoms with E-state index in [2.05, 4.69) is 10.0 Å². The molecule has 2 atom stereocenters. The molecule has 0 heterocycles. The van der Waals surface area contributed by atoms with Gasteiger partial charge in [-0.3, -0.25) is 4.79 Å². The molecule has 1 amide bonds. The molecule has 0 aromatic heterocycles. The molecule has 0 fully saturated rings. The predicted molar refractivity (Wildman–Crippen MR) is 89.8 cm³/mol. The Bertz CT molecular complexity index is 577. The second-order valence-electron chi connectivity index (χ2n) is 4.85. The lowest BCUT2D eigenvalue weighted by molar-refractivity contribution is -0.122. The smallest absolute Gasteiger partial charge is 0.241 e. The summed E-state index contributed by atoms with van der Waals surface area (Å²) < 4.78 is 26.5. The molecular weight excluding hydrogens is 349 g/mol. The second kappa shape index (κ2) is 9.32. The van der Waals surface area contributed by atoms with Gasteiger partial charge < -0.3 is 11.1 Å². The summed E-state index contributed by atoms with van der Waals surface area (Å²) in [5, 5.41) is 3.07. The molecule has 2 unspecified atom stereocenters. The van der Waals surface area contributed by atoms with E-state index in [1.54, 1.807) is 0 Å². The van der Waals surface area contributed by atoms with Crippen molar-refractivity contribution in [3.05, 3.63) is 29.3 Å². The molecule has 4 N–H and O–H groups in total. The lowest BCUT2D eigenvalue weighted by Crippen LogP contribution is -2.45. The number of carbonyl (C=O) groups excluding carboxylic acids is 1. The number of rotatable bonds is 7. The van der Waals surface area contributed by atoms with Gasteiger partial charge >= 0.3 is 0 Å². The van der Waals surface area contributed by atoms with Gasteiger partial charge in [0.2, 0.25) is 15.9 Å². The van der Waals surface area contributed by atoms with Crippen LogP contribution in [0.4, 0.5) is 0 Å². The van der Waals surface area contributed by atoms with Crippen LogP contribution in [-0.4, -0.2) is 33.0 Å². The SMILES string of the molecule is CC(N)CCNC(=O)C(C)NS(=O)(=O)c1ccc(Cl)cc1.Cl. The molecule has 6 nitrogen and oxygen atoms in total. The number of halogens is 2. The van der Waals surface area contributed by atoms with Crippen molar-refractivity contribution < 1.29 is 13.2 Å². The number of hydrogen-bond acceptors (Lipinski definition) is 4. The summed E-state index contributed by atoms with van der Waals surface area (Å²) in [5.41, 5.74) is 5.57. The highest BCUT2D eigenvalue weighted by Gasteiger charge is 2.21. The van der Waals surface area contributed by atoms with Crippen LogP contribution in [-0.2, 0) is 14.8 Å². The molecule has 22 heavy (non-hydrogen) atoms. The first kappa shape index (κ1) is 21.1. The average Bonchev–Trinajstić information content (AvgIpc) is 2.38. The Morgan fingerprint density at radius 1 is 1.27 bits per heavy atom. The van der Waals surface area contributed by atoms with Gasteiger partial charge in [-0.15, -0.1) is 12.4 Å². The van der Waals surface area contributed by atoms with Crippen LogP contribution >= 0.6 is 24.0 Å². The number of carbonyl (C=O) groups is 1. The van der Waals surface area contributed by atoms with Crippen molar-refractivity contribution in [1.82, 2.24) is 10.0 Å². The Kier molecular flexibility index (Phi) is 8.95. The molecule has 0 aliphatic carbocycles. The molecular formula is C13H21Cl2N3O3S. The summed E-state index contributed by atoms with van der Waals surface area (Å²) in [6, 6.07) is 4.81. The van der Waals surface area contributed by atoms with Crippen LogP contribution in [0.1, 0.15) is 20.3 Å². The summed E-state index contributed by atoms with van der Waals surface area (Å²) in [7, 11) is -3.76. The molecule has 0 radical (unpaired) electrons. The monoisotopic (exact) mass is 369 g/mol. The number of benzene rings is 1. The third kappa shape index (κ3) is 6.93. The summed E-state index contributed by atoms with van der Waals surface area (Å²) >= 11 is 5.71. The van der Waals surface area contributed by atoms with Gasteiger partial charge in [-0.1, -0.05) is 11.6 Å². The molecule has 0 aliphatic rings. The van der Waals surface area contributed by atoms with Crippen molar-refractivity contribution >= 4 is 39.9 Å². The normalized spacial score (nSPS) is 13.8. The summed E-state index contributed by atoms with van der Waals surface area (Å²) in [6.45, 7) is 3.72. The Labute approximate surface area is 142 Å². The van der Waals surface area contributed by atoms with Gasteiger partial charge in [0.25, 0.3) is 0 Å². The number of hydrogen-bond donors (Lipinski definition) is 3. The summed E-state index contributed by atoms with van der Waals surface area (Å²) in [4.78, 5) is 11.8. The maximum atomic E-state index is 12.1. The van der Waals surface area contributed by atoms with Crippen LogP contribution in [0.3, 0.4) is 0 Å². The van der Waals surface area contributed by atoms with E-state index in [1.165, 1.54) is 31.2 Å². The van der Waals surface area contributed by atoms with Crippen molar-refractivity contribution in [3.63, 3.8) is 0 Å². The zero-order valence-corrected chi connectivity index (χ0v) is 14.8. The fraction of sp³-hybridized carbons (Fsp3) is 0.462. The van der Waals surface area contributed by atoms with E-state index < -0.39 is 22.0 Å². The van der Waals surface area contributed by atoms with Gasteiger partial charge in [-0.2, -0.15) is 4.72 Å². The molecule has 1 aromatic carbocycles. The summed E-state index contributed by atoms with van der Waals surface area (Å²) in [5.74, 6) is -0.395. The highest BCUT2D eigenvalue weighted by molar-refractivity contribution is 7.89. The van der Waals surface area contributed by atoms with Crippen LogP contribution in [0.5, 0.6) is 0 Å². The number of amides is 1. The van der Waals surface area contributed by atoms with Crippen LogP contribution in [0, 0.1) is 0 Å². The largest absolute Gasteiger partial charge is 0.355 e. The minimum absolute atomic E-state index is 0. The van der Waals surface area contributed by atoms with Crippen molar-refractivity contribution in [2.75, 3.05) is 6.54 Å². The van der Waals surface area contributed by atoms with E-state index in [4.69, 9.17) is 17.3 Å². The number of sulfonamides is 1. The standard InChI is InChI=1S/C13H20ClN3O3S.ClH/c1-9(15)7-8-16-13(18)10(2)17-21(19,20)12-5-3-11(14)4-6-12;/h3-6,9-10,17H,7-8,15H2,1-2H3,(H,16,18);1H. The minimum atomic E-state index is -3.76. The van der Waals surface area contributed by atoms with E-state index in [-0.39, 0.29) is 23.3 Å². The van der Waals surface area contributed by atoms with Crippen molar-refractivity contribution in [2.24, 2.45) is 5.73 Å². The summed E-state index contributed by atoms with van der Waals surface area (Å²) in [6.07, 6.45) is 0.627. The van der Waals surface area contributed by atoms with Gasteiger partial charge in [-0.25, -0.2) is 8.42 Å². The molecule has 0 bridgehead atoms.